The van der Waals surface area contributed by atoms with Gasteiger partial charge in [-0.15, -0.1) is 0 Å². The molecule has 2 rings (SSSR count). The summed E-state index contributed by atoms with van der Waals surface area (Å²) in [6.45, 7) is 3.79. The van der Waals surface area contributed by atoms with Crippen LogP contribution in [0.2, 0.25) is 0 Å². The lowest BCUT2D eigenvalue weighted by Crippen LogP contribution is -2.28. The third-order valence-corrected chi connectivity index (χ3v) is 3.69. The molecular weight excluding hydrogens is 282 g/mol. The summed E-state index contributed by atoms with van der Waals surface area (Å²) in [6.07, 6.45) is 0.621. The maximum Gasteiger partial charge on any atom is 0.339 e. The van der Waals surface area contributed by atoms with E-state index in [1.54, 1.807) is 0 Å². The smallest absolute Gasteiger partial charge is 0.339 e. The number of nitrogens with zero attached hydrogens (tertiary/aromatic N) is 1. The number of hydrogen-bond donors (Lipinski definition) is 0. The highest BCUT2D eigenvalue weighted by atomic mass is 16.6. The Balaban J connectivity index is 2.21. The van der Waals surface area contributed by atoms with E-state index >= 15 is 0 Å². The van der Waals surface area contributed by atoms with Gasteiger partial charge in [0.2, 0.25) is 0 Å². The van der Waals surface area contributed by atoms with E-state index in [0.717, 1.165) is 5.56 Å². The van der Waals surface area contributed by atoms with Gasteiger partial charge in [-0.2, -0.15) is 0 Å². The maximum absolute atomic E-state index is 12.3. The number of non-ortho nitro benzene ring substituents is 1. The highest BCUT2D eigenvalue weighted by Crippen LogP contribution is 2.30. The molecule has 0 aliphatic carbocycles. The second-order valence-corrected chi connectivity index (χ2v) is 5.14. The number of nitro benzene ring substituents is 1. The van der Waals surface area contributed by atoms with Crippen LogP contribution in [0.4, 0.5) is 5.69 Å². The van der Waals surface area contributed by atoms with Crippen molar-refractivity contribution < 1.29 is 14.5 Å². The van der Waals surface area contributed by atoms with Gasteiger partial charge in [-0.25, -0.2) is 4.79 Å². The lowest BCUT2D eigenvalue weighted by atomic mass is 9.93. The number of nitro groups is 1. The molecule has 2 aromatic carbocycles. The topological polar surface area (TPSA) is 69.4 Å². The molecule has 0 saturated heterocycles. The summed E-state index contributed by atoms with van der Waals surface area (Å²) in [4.78, 5) is 22.4. The zero-order valence-electron chi connectivity index (χ0n) is 12.5. The summed E-state index contributed by atoms with van der Waals surface area (Å²) in [5, 5.41) is 10.6. The van der Waals surface area contributed by atoms with Crippen molar-refractivity contribution in [3.05, 3.63) is 75.8 Å². The number of benzene rings is 2. The first-order chi connectivity index (χ1) is 10.5. The summed E-state index contributed by atoms with van der Waals surface area (Å²) < 4.78 is 5.65. The number of hydrogen-bond acceptors (Lipinski definition) is 4. The highest BCUT2D eigenvalue weighted by Gasteiger charge is 2.29. The highest BCUT2D eigenvalue weighted by molar-refractivity contribution is 5.90. The molecule has 0 amide bonds. The molecule has 0 spiro atoms. The molecule has 2 aromatic rings. The second-order valence-electron chi connectivity index (χ2n) is 5.14. The predicted octanol–water partition coefficient (Wildman–Crippen LogP) is 4.08. The Morgan fingerprint density at radius 2 is 1.73 bits per heavy atom. The summed E-state index contributed by atoms with van der Waals surface area (Å²) >= 11 is 0. The molecule has 22 heavy (non-hydrogen) atoms. The first-order valence-electron chi connectivity index (χ1n) is 6.99. The van der Waals surface area contributed by atoms with Crippen LogP contribution in [0.5, 0.6) is 0 Å². The number of ether oxygens (including phenoxy) is 1. The SMILES string of the molecule is CC[C@](C)(OC(=O)c1ccc([N+](=O)[O-])cc1)c1ccccc1. The number of carbonyl (C=O) groups is 1. The van der Waals surface area contributed by atoms with Crippen LogP contribution in [0, 0.1) is 10.1 Å². The summed E-state index contributed by atoms with van der Waals surface area (Å²) in [5.74, 6) is -0.497. The van der Waals surface area contributed by atoms with Crippen LogP contribution in [0.3, 0.4) is 0 Å². The number of rotatable bonds is 5. The van der Waals surface area contributed by atoms with Crippen LogP contribution in [-0.2, 0) is 10.3 Å². The average molecular weight is 299 g/mol. The molecule has 0 aliphatic heterocycles. The van der Waals surface area contributed by atoms with Gasteiger partial charge in [-0.1, -0.05) is 37.3 Å². The van der Waals surface area contributed by atoms with Crippen LogP contribution in [0.25, 0.3) is 0 Å². The van der Waals surface area contributed by atoms with Crippen molar-refractivity contribution in [1.82, 2.24) is 0 Å². The molecule has 0 N–H and O–H groups in total. The van der Waals surface area contributed by atoms with Crippen molar-refractivity contribution in [3.8, 4) is 0 Å². The van der Waals surface area contributed by atoms with E-state index in [9.17, 15) is 14.9 Å². The molecule has 1 atom stereocenters. The van der Waals surface area contributed by atoms with Gasteiger partial charge < -0.3 is 4.74 Å². The molecule has 0 heterocycles. The summed E-state index contributed by atoms with van der Waals surface area (Å²) in [7, 11) is 0. The normalized spacial score (nSPS) is 13.2. The average Bonchev–Trinajstić information content (AvgIpc) is 2.55. The van der Waals surface area contributed by atoms with E-state index in [0.29, 0.717) is 12.0 Å². The molecule has 5 nitrogen and oxygen atoms in total. The van der Waals surface area contributed by atoms with Gasteiger partial charge in [0.15, 0.2) is 0 Å². The molecule has 0 saturated carbocycles. The zero-order valence-corrected chi connectivity index (χ0v) is 12.5. The van der Waals surface area contributed by atoms with Crippen molar-refractivity contribution in [2.75, 3.05) is 0 Å². The minimum absolute atomic E-state index is 0.0575. The zero-order chi connectivity index (χ0) is 16.2. The lowest BCUT2D eigenvalue weighted by Gasteiger charge is -2.29. The minimum atomic E-state index is -0.736. The van der Waals surface area contributed by atoms with E-state index in [1.165, 1.54) is 24.3 Å². The van der Waals surface area contributed by atoms with Gasteiger partial charge in [0, 0.05) is 12.1 Å². The van der Waals surface area contributed by atoms with E-state index in [2.05, 4.69) is 0 Å². The van der Waals surface area contributed by atoms with Crippen LogP contribution in [-0.4, -0.2) is 10.9 Å². The lowest BCUT2D eigenvalue weighted by molar-refractivity contribution is -0.384. The van der Waals surface area contributed by atoms with Gasteiger partial charge in [-0.3, -0.25) is 10.1 Å². The number of carbonyl (C=O) groups excluding carboxylic acids is 1. The monoisotopic (exact) mass is 299 g/mol. The van der Waals surface area contributed by atoms with E-state index in [1.807, 2.05) is 44.2 Å². The van der Waals surface area contributed by atoms with E-state index in [-0.39, 0.29) is 5.69 Å². The largest absolute Gasteiger partial charge is 0.451 e. The molecule has 0 aliphatic rings. The Labute approximate surface area is 128 Å². The Morgan fingerprint density at radius 3 is 2.23 bits per heavy atom. The first-order valence-corrected chi connectivity index (χ1v) is 6.99. The van der Waals surface area contributed by atoms with Crippen molar-refractivity contribution in [3.63, 3.8) is 0 Å². The van der Waals surface area contributed by atoms with Gasteiger partial charge in [0.1, 0.15) is 5.60 Å². The fourth-order valence-corrected chi connectivity index (χ4v) is 2.11. The third kappa shape index (κ3) is 3.31. The number of esters is 1. The standard InChI is InChI=1S/C17H17NO4/c1-3-17(2,14-7-5-4-6-8-14)22-16(19)13-9-11-15(12-10-13)18(20)21/h4-12H,3H2,1-2H3/t17-/m0/s1. The van der Waals surface area contributed by atoms with Crippen LogP contribution in [0.1, 0.15) is 36.2 Å². The molecule has 0 bridgehead atoms. The second kappa shape index (κ2) is 6.39. The summed E-state index contributed by atoms with van der Waals surface area (Å²) in [5.41, 5.74) is 0.409. The molecule has 0 unspecified atom stereocenters. The third-order valence-electron chi connectivity index (χ3n) is 3.69. The maximum atomic E-state index is 12.3. The van der Waals surface area contributed by atoms with Crippen molar-refractivity contribution in [2.24, 2.45) is 0 Å². The molecule has 114 valence electrons. The fraction of sp³-hybridized carbons (Fsp3) is 0.235. The van der Waals surface area contributed by atoms with E-state index < -0.39 is 16.5 Å². The quantitative estimate of drug-likeness (QED) is 0.474. The van der Waals surface area contributed by atoms with Crippen LogP contribution < -0.4 is 0 Å². The Morgan fingerprint density at radius 1 is 1.14 bits per heavy atom. The molecular formula is C17H17NO4. The Kier molecular flexibility index (Phi) is 4.56. The molecule has 0 aromatic heterocycles. The molecule has 0 fully saturated rings. The van der Waals surface area contributed by atoms with Crippen molar-refractivity contribution in [1.29, 1.82) is 0 Å². The molecule has 0 radical (unpaired) electrons. The predicted molar refractivity (Wildman–Crippen MR) is 82.6 cm³/mol. The Bertz CT molecular complexity index is 667. The van der Waals surface area contributed by atoms with Gasteiger partial charge in [-0.05, 0) is 31.0 Å². The van der Waals surface area contributed by atoms with Crippen LogP contribution >= 0.6 is 0 Å². The minimum Gasteiger partial charge on any atom is -0.451 e. The molecule has 5 heteroatoms. The summed E-state index contributed by atoms with van der Waals surface area (Å²) in [6, 6.07) is 14.9. The fourth-order valence-electron chi connectivity index (χ4n) is 2.11. The van der Waals surface area contributed by atoms with Gasteiger partial charge >= 0.3 is 5.97 Å². The van der Waals surface area contributed by atoms with Crippen LogP contribution in [0.15, 0.2) is 54.6 Å². The Hall–Kier alpha value is -2.69. The van der Waals surface area contributed by atoms with Crippen molar-refractivity contribution >= 4 is 11.7 Å². The van der Waals surface area contributed by atoms with Gasteiger partial charge in [0.25, 0.3) is 5.69 Å². The van der Waals surface area contributed by atoms with Gasteiger partial charge in [0.05, 0.1) is 10.5 Å². The van der Waals surface area contributed by atoms with E-state index in [4.69, 9.17) is 4.74 Å². The van der Waals surface area contributed by atoms with Crippen molar-refractivity contribution in [2.45, 2.75) is 25.9 Å². The first kappa shape index (κ1) is 15.7.